The largest absolute Gasteiger partial charge is 0.465 e. The van der Waals surface area contributed by atoms with E-state index in [9.17, 15) is 9.18 Å². The summed E-state index contributed by atoms with van der Waals surface area (Å²) in [7, 11) is 1.22. The fourth-order valence-electron chi connectivity index (χ4n) is 2.80. The highest BCUT2D eigenvalue weighted by molar-refractivity contribution is 6.38. The Labute approximate surface area is 148 Å². The molecule has 3 rings (SSSR count). The predicted molar refractivity (Wildman–Crippen MR) is 93.5 cm³/mol. The Morgan fingerprint density at radius 1 is 1.29 bits per heavy atom. The Morgan fingerprint density at radius 2 is 2.04 bits per heavy atom. The van der Waals surface area contributed by atoms with E-state index in [4.69, 9.17) is 23.2 Å². The van der Waals surface area contributed by atoms with E-state index in [0.29, 0.717) is 15.6 Å². The second kappa shape index (κ2) is 6.46. The van der Waals surface area contributed by atoms with Gasteiger partial charge in [-0.3, -0.25) is 0 Å². The molecule has 2 aromatic carbocycles. The maximum atomic E-state index is 14.6. The third-order valence-corrected chi connectivity index (χ3v) is 4.42. The zero-order valence-corrected chi connectivity index (χ0v) is 14.6. The van der Waals surface area contributed by atoms with Crippen LogP contribution in [-0.2, 0) is 11.3 Å². The Morgan fingerprint density at radius 3 is 2.75 bits per heavy atom. The summed E-state index contributed by atoms with van der Waals surface area (Å²) >= 11 is 12.4. The maximum Gasteiger partial charge on any atom is 0.340 e. The lowest BCUT2D eigenvalue weighted by Crippen LogP contribution is -2.08. The van der Waals surface area contributed by atoms with Gasteiger partial charge in [-0.25, -0.2) is 9.18 Å². The first-order valence-electron chi connectivity index (χ1n) is 7.22. The molecule has 0 bridgehead atoms. The molecule has 0 saturated heterocycles. The summed E-state index contributed by atoms with van der Waals surface area (Å²) in [5, 5.41) is 1.96. The number of ether oxygens (including phenoxy) is 1. The van der Waals surface area contributed by atoms with Crippen molar-refractivity contribution in [1.82, 2.24) is 4.57 Å². The topological polar surface area (TPSA) is 31.2 Å². The first-order chi connectivity index (χ1) is 11.4. The van der Waals surface area contributed by atoms with Crippen LogP contribution >= 0.6 is 23.2 Å². The molecule has 124 valence electrons. The molecule has 1 aromatic heterocycles. The SMILES string of the molecule is COC(=O)c1cccc(Cn2cc(C)c3cc(Cl)cc(Cl)c32)c1F. The lowest BCUT2D eigenvalue weighted by atomic mass is 10.1. The van der Waals surface area contributed by atoms with E-state index in [1.807, 2.05) is 23.8 Å². The van der Waals surface area contributed by atoms with Crippen LogP contribution in [0.15, 0.2) is 36.5 Å². The van der Waals surface area contributed by atoms with Crippen molar-refractivity contribution in [1.29, 1.82) is 0 Å². The summed E-state index contributed by atoms with van der Waals surface area (Å²) in [6.45, 7) is 2.18. The van der Waals surface area contributed by atoms with E-state index in [2.05, 4.69) is 4.74 Å². The highest BCUT2D eigenvalue weighted by Crippen LogP contribution is 2.32. The van der Waals surface area contributed by atoms with E-state index in [0.717, 1.165) is 16.5 Å². The quantitative estimate of drug-likeness (QED) is 0.595. The summed E-state index contributed by atoms with van der Waals surface area (Å²) < 4.78 is 21.1. The van der Waals surface area contributed by atoms with Gasteiger partial charge in [0.2, 0.25) is 0 Å². The number of aromatic nitrogens is 1. The second-order valence-electron chi connectivity index (χ2n) is 5.49. The number of carbonyl (C=O) groups is 1. The number of benzene rings is 2. The maximum absolute atomic E-state index is 14.6. The van der Waals surface area contributed by atoms with Crippen LogP contribution in [0.25, 0.3) is 10.9 Å². The molecule has 1 heterocycles. The molecule has 0 atom stereocenters. The van der Waals surface area contributed by atoms with Crippen LogP contribution in [-0.4, -0.2) is 17.6 Å². The number of carbonyl (C=O) groups excluding carboxylic acids is 1. The lowest BCUT2D eigenvalue weighted by Gasteiger charge is -2.10. The van der Waals surface area contributed by atoms with Crippen molar-refractivity contribution in [2.24, 2.45) is 0 Å². The van der Waals surface area contributed by atoms with Crippen LogP contribution in [0, 0.1) is 12.7 Å². The molecule has 0 N–H and O–H groups in total. The van der Waals surface area contributed by atoms with Crippen LogP contribution in [0.5, 0.6) is 0 Å². The number of rotatable bonds is 3. The fourth-order valence-corrected chi connectivity index (χ4v) is 3.41. The Bertz CT molecular complexity index is 950. The number of nitrogens with zero attached hydrogens (tertiary/aromatic N) is 1. The molecule has 6 heteroatoms. The van der Waals surface area contributed by atoms with Crippen molar-refractivity contribution in [2.45, 2.75) is 13.5 Å². The van der Waals surface area contributed by atoms with Gasteiger partial charge in [-0.05, 0) is 30.7 Å². The molecule has 0 unspecified atom stereocenters. The molecule has 0 aliphatic heterocycles. The first-order valence-corrected chi connectivity index (χ1v) is 7.98. The molecule has 0 saturated carbocycles. The smallest absolute Gasteiger partial charge is 0.340 e. The summed E-state index contributed by atoms with van der Waals surface area (Å²) in [6, 6.07) is 8.14. The normalized spacial score (nSPS) is 11.0. The summed E-state index contributed by atoms with van der Waals surface area (Å²) in [5.74, 6) is -1.29. The van der Waals surface area contributed by atoms with Gasteiger partial charge >= 0.3 is 5.97 Å². The van der Waals surface area contributed by atoms with Gasteiger partial charge in [0.15, 0.2) is 0 Å². The van der Waals surface area contributed by atoms with Crippen molar-refractivity contribution < 1.29 is 13.9 Å². The minimum atomic E-state index is -0.701. The van der Waals surface area contributed by atoms with Gasteiger partial charge in [0.25, 0.3) is 0 Å². The Balaban J connectivity index is 2.10. The highest BCUT2D eigenvalue weighted by Gasteiger charge is 2.17. The minimum Gasteiger partial charge on any atom is -0.465 e. The average Bonchev–Trinajstić information content (AvgIpc) is 2.85. The monoisotopic (exact) mass is 365 g/mol. The Kier molecular flexibility index (Phi) is 4.52. The number of hydrogen-bond donors (Lipinski definition) is 0. The van der Waals surface area contributed by atoms with E-state index in [1.54, 1.807) is 18.2 Å². The van der Waals surface area contributed by atoms with Crippen LogP contribution in [0.4, 0.5) is 4.39 Å². The van der Waals surface area contributed by atoms with Gasteiger partial charge in [-0.2, -0.15) is 0 Å². The number of aryl methyl sites for hydroxylation is 1. The molecule has 3 aromatic rings. The standard InChI is InChI=1S/C18H14Cl2FNO2/c1-10-8-22(17-14(10)6-12(19)7-15(17)20)9-11-4-3-5-13(16(11)21)18(23)24-2/h3-8H,9H2,1-2H3. The zero-order valence-electron chi connectivity index (χ0n) is 13.1. The van der Waals surface area contributed by atoms with Crippen LogP contribution < -0.4 is 0 Å². The van der Waals surface area contributed by atoms with Crippen LogP contribution in [0.1, 0.15) is 21.5 Å². The predicted octanol–water partition coefficient (Wildman–Crippen LogP) is 5.23. The van der Waals surface area contributed by atoms with E-state index in [-0.39, 0.29) is 12.1 Å². The van der Waals surface area contributed by atoms with E-state index in [1.165, 1.54) is 13.2 Å². The molecule has 0 fully saturated rings. The number of fused-ring (bicyclic) bond motifs is 1. The van der Waals surface area contributed by atoms with Crippen LogP contribution in [0.2, 0.25) is 10.0 Å². The molecule has 0 amide bonds. The van der Waals surface area contributed by atoms with Gasteiger partial charge in [0.1, 0.15) is 5.82 Å². The third-order valence-electron chi connectivity index (χ3n) is 3.91. The molecular weight excluding hydrogens is 352 g/mol. The molecule has 0 aliphatic carbocycles. The summed E-state index contributed by atoms with van der Waals surface area (Å²) in [5.41, 5.74) is 2.05. The minimum absolute atomic E-state index is 0.0858. The van der Waals surface area contributed by atoms with Gasteiger partial charge in [0.05, 0.1) is 29.8 Å². The van der Waals surface area contributed by atoms with Crippen molar-refractivity contribution in [2.75, 3.05) is 7.11 Å². The second-order valence-corrected chi connectivity index (χ2v) is 6.34. The zero-order chi connectivity index (χ0) is 17.4. The van der Waals surface area contributed by atoms with Crippen molar-refractivity contribution in [3.63, 3.8) is 0 Å². The summed E-state index contributed by atoms with van der Waals surface area (Å²) in [4.78, 5) is 11.6. The lowest BCUT2D eigenvalue weighted by molar-refractivity contribution is 0.0595. The molecule has 0 radical (unpaired) electrons. The first kappa shape index (κ1) is 16.8. The van der Waals surface area contributed by atoms with Gasteiger partial charge in [0, 0.05) is 22.2 Å². The molecule has 0 spiro atoms. The van der Waals surface area contributed by atoms with Crippen molar-refractivity contribution >= 4 is 40.1 Å². The molecular formula is C18H14Cl2FNO2. The number of esters is 1. The molecule has 3 nitrogen and oxygen atoms in total. The molecule has 24 heavy (non-hydrogen) atoms. The van der Waals surface area contributed by atoms with Crippen molar-refractivity contribution in [3.05, 3.63) is 69.1 Å². The van der Waals surface area contributed by atoms with Gasteiger partial charge in [-0.1, -0.05) is 35.3 Å². The van der Waals surface area contributed by atoms with Crippen molar-refractivity contribution in [3.8, 4) is 0 Å². The van der Waals surface area contributed by atoms with Gasteiger partial charge in [-0.15, -0.1) is 0 Å². The average molecular weight is 366 g/mol. The third kappa shape index (κ3) is 2.87. The number of halogens is 3. The number of hydrogen-bond acceptors (Lipinski definition) is 2. The highest BCUT2D eigenvalue weighted by atomic mass is 35.5. The summed E-state index contributed by atoms with van der Waals surface area (Å²) in [6.07, 6.45) is 1.89. The van der Waals surface area contributed by atoms with E-state index < -0.39 is 11.8 Å². The van der Waals surface area contributed by atoms with E-state index >= 15 is 0 Å². The number of methoxy groups -OCH3 is 1. The van der Waals surface area contributed by atoms with Crippen LogP contribution in [0.3, 0.4) is 0 Å². The fraction of sp³-hybridized carbons (Fsp3) is 0.167. The van der Waals surface area contributed by atoms with Gasteiger partial charge < -0.3 is 9.30 Å². The molecule has 0 aliphatic rings. The Hall–Kier alpha value is -2.04.